The minimum Gasteiger partial charge on any atom is -0.397 e. The molecule has 2 amide bonds. The maximum absolute atomic E-state index is 13.2. The van der Waals surface area contributed by atoms with Crippen molar-refractivity contribution in [1.82, 2.24) is 4.90 Å². The minimum absolute atomic E-state index is 0.123. The maximum atomic E-state index is 13.2. The highest BCUT2D eigenvalue weighted by molar-refractivity contribution is 6.06. The Hall–Kier alpha value is -3.75. The summed E-state index contributed by atoms with van der Waals surface area (Å²) in [6.07, 6.45) is 0. The summed E-state index contributed by atoms with van der Waals surface area (Å²) in [5.41, 5.74) is 8.88. The molecule has 0 radical (unpaired) electrons. The van der Waals surface area contributed by atoms with Crippen molar-refractivity contribution in [3.05, 3.63) is 78.1 Å². The number of nitrogens with one attached hydrogen (secondary N) is 2. The van der Waals surface area contributed by atoms with Gasteiger partial charge in [0.25, 0.3) is 5.91 Å². The topological polar surface area (TPSA) is 96.7 Å². The van der Waals surface area contributed by atoms with Gasteiger partial charge in [-0.1, -0.05) is 18.2 Å². The molecule has 35 heavy (non-hydrogen) atoms. The molecule has 1 heterocycles. The van der Waals surface area contributed by atoms with Crippen molar-refractivity contribution < 1.29 is 18.7 Å². The number of hydrogen-bond donors (Lipinski definition) is 3. The lowest BCUT2D eigenvalue weighted by molar-refractivity contribution is -0.129. The second kappa shape index (κ2) is 10.2. The summed E-state index contributed by atoms with van der Waals surface area (Å²) in [6, 6.07) is 18.0. The number of nitrogens with two attached hydrogens (primary N) is 1. The fourth-order valence-corrected chi connectivity index (χ4v) is 3.94. The molecule has 0 aromatic heterocycles. The van der Waals surface area contributed by atoms with Crippen molar-refractivity contribution in [2.24, 2.45) is 0 Å². The maximum Gasteiger partial charge on any atom is 0.255 e. The van der Waals surface area contributed by atoms with Crippen LogP contribution in [-0.4, -0.2) is 48.6 Å². The van der Waals surface area contributed by atoms with Gasteiger partial charge < -0.3 is 21.1 Å². The molecule has 0 unspecified atom stereocenters. The number of hydrogen-bond acceptors (Lipinski definition) is 5. The molecule has 0 bridgehead atoms. The molecular formula is C27H29FN4O3. The Morgan fingerprint density at radius 1 is 0.914 bits per heavy atom. The van der Waals surface area contributed by atoms with Gasteiger partial charge in [0.05, 0.1) is 30.1 Å². The first kappa shape index (κ1) is 24.4. The summed E-state index contributed by atoms with van der Waals surface area (Å²) in [7, 11) is 0. The van der Waals surface area contributed by atoms with Crippen LogP contribution in [0, 0.1) is 5.82 Å². The van der Waals surface area contributed by atoms with Crippen LogP contribution in [0.2, 0.25) is 0 Å². The molecule has 1 saturated heterocycles. The summed E-state index contributed by atoms with van der Waals surface area (Å²) in [5.74, 6) is -0.775. The third-order valence-electron chi connectivity index (χ3n) is 6.24. The lowest BCUT2D eigenvalue weighted by Crippen LogP contribution is -2.56. The largest absolute Gasteiger partial charge is 0.397 e. The second-order valence-corrected chi connectivity index (χ2v) is 8.95. The first-order valence-corrected chi connectivity index (χ1v) is 11.5. The van der Waals surface area contributed by atoms with Gasteiger partial charge in [-0.2, -0.15) is 0 Å². The molecule has 1 fully saturated rings. The van der Waals surface area contributed by atoms with Crippen LogP contribution in [0.5, 0.6) is 0 Å². The van der Waals surface area contributed by atoms with E-state index in [0.29, 0.717) is 48.9 Å². The molecular weight excluding hydrogens is 447 g/mol. The molecule has 4 rings (SSSR count). The summed E-state index contributed by atoms with van der Waals surface area (Å²) in [6.45, 7) is 6.39. The van der Waals surface area contributed by atoms with E-state index in [4.69, 9.17) is 10.5 Å². The molecule has 0 atom stereocenters. The monoisotopic (exact) mass is 476 g/mol. The van der Waals surface area contributed by atoms with Gasteiger partial charge in [0.15, 0.2) is 0 Å². The zero-order chi connectivity index (χ0) is 25.0. The molecule has 4 N–H and O–H groups in total. The Morgan fingerprint density at radius 3 is 2.20 bits per heavy atom. The van der Waals surface area contributed by atoms with Crippen LogP contribution in [-0.2, 0) is 9.53 Å². The van der Waals surface area contributed by atoms with E-state index >= 15 is 0 Å². The number of carbonyl (C=O) groups is 2. The minimum atomic E-state index is -0.688. The SMILES string of the molecule is CC(C)(C(=O)Nc1ccc(C(=O)Nc2cc(-c3ccc(F)cc3)ccc2N)cc1)N1CCOCC1. The van der Waals surface area contributed by atoms with Crippen molar-refractivity contribution in [2.75, 3.05) is 42.7 Å². The number of rotatable bonds is 6. The lowest BCUT2D eigenvalue weighted by Gasteiger charge is -2.39. The van der Waals surface area contributed by atoms with Crippen LogP contribution in [0.3, 0.4) is 0 Å². The van der Waals surface area contributed by atoms with Crippen LogP contribution >= 0.6 is 0 Å². The third kappa shape index (κ3) is 5.67. The van der Waals surface area contributed by atoms with Crippen molar-refractivity contribution in [3.63, 3.8) is 0 Å². The fraction of sp³-hybridized carbons (Fsp3) is 0.259. The fourth-order valence-electron chi connectivity index (χ4n) is 3.94. The predicted octanol–water partition coefficient (Wildman–Crippen LogP) is 4.38. The standard InChI is InChI=1S/C27H29FN4O3/c1-27(2,32-13-15-35-16-14-32)26(34)30-22-10-5-19(6-11-22)25(33)31-24-17-20(7-12-23(24)29)18-3-8-21(28)9-4-18/h3-12,17H,13-16,29H2,1-2H3,(H,30,34)(H,31,33). The van der Waals surface area contributed by atoms with E-state index in [-0.39, 0.29) is 17.6 Å². The molecule has 1 aliphatic heterocycles. The number of amides is 2. The van der Waals surface area contributed by atoms with E-state index in [1.807, 2.05) is 19.9 Å². The van der Waals surface area contributed by atoms with Gasteiger partial charge in [0, 0.05) is 24.3 Å². The van der Waals surface area contributed by atoms with Gasteiger partial charge in [-0.15, -0.1) is 0 Å². The van der Waals surface area contributed by atoms with E-state index in [1.165, 1.54) is 12.1 Å². The van der Waals surface area contributed by atoms with Gasteiger partial charge in [0.2, 0.25) is 5.91 Å². The average Bonchev–Trinajstić information content (AvgIpc) is 2.87. The van der Waals surface area contributed by atoms with E-state index < -0.39 is 5.54 Å². The lowest BCUT2D eigenvalue weighted by atomic mass is 10.0. The normalized spacial score (nSPS) is 14.4. The second-order valence-electron chi connectivity index (χ2n) is 8.95. The summed E-state index contributed by atoms with van der Waals surface area (Å²) >= 11 is 0. The number of ether oxygens (including phenoxy) is 1. The quantitative estimate of drug-likeness (QED) is 0.459. The molecule has 3 aromatic rings. The molecule has 0 aliphatic carbocycles. The zero-order valence-electron chi connectivity index (χ0n) is 19.8. The number of anilines is 3. The van der Waals surface area contributed by atoms with Crippen LogP contribution in [0.15, 0.2) is 66.7 Å². The van der Waals surface area contributed by atoms with E-state index in [0.717, 1.165) is 11.1 Å². The molecule has 0 spiro atoms. The number of carbonyl (C=O) groups excluding carboxylic acids is 2. The summed E-state index contributed by atoms with van der Waals surface area (Å²) in [4.78, 5) is 27.8. The van der Waals surface area contributed by atoms with Crippen molar-refractivity contribution in [1.29, 1.82) is 0 Å². The first-order chi connectivity index (χ1) is 16.7. The van der Waals surface area contributed by atoms with Gasteiger partial charge in [-0.05, 0) is 73.5 Å². The Kier molecular flexibility index (Phi) is 7.14. The highest BCUT2D eigenvalue weighted by Gasteiger charge is 2.35. The van der Waals surface area contributed by atoms with E-state index in [9.17, 15) is 14.0 Å². The smallest absolute Gasteiger partial charge is 0.255 e. The van der Waals surface area contributed by atoms with Crippen molar-refractivity contribution >= 4 is 28.9 Å². The molecule has 0 saturated carbocycles. The van der Waals surface area contributed by atoms with Gasteiger partial charge >= 0.3 is 0 Å². The molecule has 7 nitrogen and oxygen atoms in total. The van der Waals surface area contributed by atoms with E-state index in [1.54, 1.807) is 48.5 Å². The number of nitrogens with zero attached hydrogens (tertiary/aromatic N) is 1. The van der Waals surface area contributed by atoms with Crippen molar-refractivity contribution in [2.45, 2.75) is 19.4 Å². The van der Waals surface area contributed by atoms with Gasteiger partial charge in [-0.25, -0.2) is 4.39 Å². The predicted molar refractivity (Wildman–Crippen MR) is 136 cm³/mol. The molecule has 1 aliphatic rings. The molecule has 182 valence electrons. The van der Waals surface area contributed by atoms with Gasteiger partial charge in [0.1, 0.15) is 5.82 Å². The summed E-state index contributed by atoms with van der Waals surface area (Å²) in [5, 5.41) is 5.77. The number of morpholine rings is 1. The van der Waals surface area contributed by atoms with Crippen LogP contribution in [0.4, 0.5) is 21.5 Å². The Labute approximate surface area is 204 Å². The molecule has 3 aromatic carbocycles. The Bertz CT molecular complexity index is 1200. The van der Waals surface area contributed by atoms with Gasteiger partial charge in [-0.3, -0.25) is 14.5 Å². The highest BCUT2D eigenvalue weighted by atomic mass is 19.1. The third-order valence-corrected chi connectivity index (χ3v) is 6.24. The number of benzene rings is 3. The Balaban J connectivity index is 1.42. The zero-order valence-corrected chi connectivity index (χ0v) is 19.8. The molecule has 8 heteroatoms. The van der Waals surface area contributed by atoms with Crippen LogP contribution in [0.1, 0.15) is 24.2 Å². The summed E-state index contributed by atoms with van der Waals surface area (Å²) < 4.78 is 18.6. The van der Waals surface area contributed by atoms with Crippen LogP contribution in [0.25, 0.3) is 11.1 Å². The number of nitrogen functional groups attached to an aromatic ring is 1. The van der Waals surface area contributed by atoms with E-state index in [2.05, 4.69) is 15.5 Å². The first-order valence-electron chi connectivity index (χ1n) is 11.5. The van der Waals surface area contributed by atoms with Crippen molar-refractivity contribution in [3.8, 4) is 11.1 Å². The highest BCUT2D eigenvalue weighted by Crippen LogP contribution is 2.28. The number of halogens is 1. The Morgan fingerprint density at radius 2 is 1.54 bits per heavy atom. The van der Waals surface area contributed by atoms with Crippen LogP contribution < -0.4 is 16.4 Å². The average molecular weight is 477 g/mol.